The summed E-state index contributed by atoms with van der Waals surface area (Å²) in [5.41, 5.74) is 6.76. The summed E-state index contributed by atoms with van der Waals surface area (Å²) in [5.74, 6) is -0.645. The van der Waals surface area contributed by atoms with E-state index in [-0.39, 0.29) is 23.7 Å². The lowest BCUT2D eigenvalue weighted by atomic mass is 10.1. The number of ether oxygens (including phenoxy) is 2. The molecule has 2 aromatic rings. The van der Waals surface area contributed by atoms with Crippen molar-refractivity contribution >= 4 is 11.7 Å². The third kappa shape index (κ3) is 3.06. The molecule has 0 saturated carbocycles. The summed E-state index contributed by atoms with van der Waals surface area (Å²) < 4.78 is 23.2. The molecule has 0 bridgehead atoms. The van der Waals surface area contributed by atoms with Crippen LogP contribution in [-0.2, 0) is 11.3 Å². The number of hydrogen-bond donors (Lipinski definition) is 1. The maximum atomic E-state index is 13.0. The molecule has 0 spiro atoms. The third-order valence-electron chi connectivity index (χ3n) is 2.74. The van der Waals surface area contributed by atoms with Crippen LogP contribution in [0.25, 0.3) is 0 Å². The molecule has 0 unspecified atom stereocenters. The second kappa shape index (κ2) is 6.06. The Labute approximate surface area is 115 Å². The van der Waals surface area contributed by atoms with Gasteiger partial charge >= 0.3 is 5.97 Å². The van der Waals surface area contributed by atoms with Gasteiger partial charge in [0.05, 0.1) is 7.11 Å². The molecule has 104 valence electrons. The molecule has 0 atom stereocenters. The minimum Gasteiger partial charge on any atom is -0.496 e. The predicted molar refractivity (Wildman–Crippen MR) is 72.9 cm³/mol. The number of benzene rings is 2. The fourth-order valence-corrected chi connectivity index (χ4v) is 1.78. The lowest BCUT2D eigenvalue weighted by Gasteiger charge is -2.11. The fraction of sp³-hybridized carbons (Fsp3) is 0.133. The average molecular weight is 275 g/mol. The van der Waals surface area contributed by atoms with Crippen LogP contribution in [0.3, 0.4) is 0 Å². The molecular formula is C15H14FNO3. The highest BCUT2D eigenvalue weighted by Gasteiger charge is 2.17. The largest absolute Gasteiger partial charge is 0.496 e. The van der Waals surface area contributed by atoms with E-state index < -0.39 is 5.97 Å². The number of carbonyl (C=O) groups excluding carboxylic acids is 1. The number of esters is 1. The van der Waals surface area contributed by atoms with Crippen LogP contribution in [0.15, 0.2) is 42.5 Å². The van der Waals surface area contributed by atoms with Crippen molar-refractivity contribution in [3.63, 3.8) is 0 Å². The average Bonchev–Trinajstić information content (AvgIpc) is 2.44. The topological polar surface area (TPSA) is 61.5 Å². The molecule has 0 aliphatic carbocycles. The third-order valence-corrected chi connectivity index (χ3v) is 2.74. The number of methoxy groups -OCH3 is 1. The van der Waals surface area contributed by atoms with E-state index in [1.54, 1.807) is 30.3 Å². The Morgan fingerprint density at radius 2 is 2.00 bits per heavy atom. The zero-order chi connectivity index (χ0) is 14.5. The van der Waals surface area contributed by atoms with Crippen LogP contribution in [0.4, 0.5) is 10.1 Å². The van der Waals surface area contributed by atoms with Crippen molar-refractivity contribution in [3.8, 4) is 5.75 Å². The zero-order valence-corrected chi connectivity index (χ0v) is 10.9. The summed E-state index contributed by atoms with van der Waals surface area (Å²) in [7, 11) is 1.44. The quantitative estimate of drug-likeness (QED) is 0.688. The summed E-state index contributed by atoms with van der Waals surface area (Å²) in [4.78, 5) is 12.0. The molecule has 0 aromatic heterocycles. The van der Waals surface area contributed by atoms with Gasteiger partial charge < -0.3 is 15.2 Å². The van der Waals surface area contributed by atoms with E-state index in [1.165, 1.54) is 19.2 Å². The van der Waals surface area contributed by atoms with E-state index in [0.29, 0.717) is 11.3 Å². The van der Waals surface area contributed by atoms with Gasteiger partial charge in [-0.3, -0.25) is 0 Å². The Hall–Kier alpha value is -2.56. The first kappa shape index (κ1) is 13.9. The molecule has 2 aromatic carbocycles. The number of carbonyl (C=O) groups is 1. The molecule has 2 rings (SSSR count). The Bertz CT molecular complexity index is 628. The van der Waals surface area contributed by atoms with Gasteiger partial charge in [0.2, 0.25) is 0 Å². The molecule has 0 fully saturated rings. The summed E-state index contributed by atoms with van der Waals surface area (Å²) in [5, 5.41) is 0. The maximum absolute atomic E-state index is 13.0. The van der Waals surface area contributed by atoms with Gasteiger partial charge in [-0.15, -0.1) is 0 Å². The van der Waals surface area contributed by atoms with Crippen LogP contribution < -0.4 is 10.5 Å². The molecule has 0 heterocycles. The molecule has 0 saturated heterocycles. The Morgan fingerprint density at radius 3 is 2.70 bits per heavy atom. The highest BCUT2D eigenvalue weighted by Crippen LogP contribution is 2.25. The number of nitrogen functional groups attached to an aromatic ring is 1. The van der Waals surface area contributed by atoms with Crippen LogP contribution in [-0.4, -0.2) is 13.1 Å². The molecule has 20 heavy (non-hydrogen) atoms. The number of nitrogens with two attached hydrogens (primary N) is 1. The van der Waals surface area contributed by atoms with Crippen LogP contribution >= 0.6 is 0 Å². The van der Waals surface area contributed by atoms with E-state index in [1.807, 2.05) is 0 Å². The molecule has 0 aliphatic heterocycles. The first-order chi connectivity index (χ1) is 9.61. The SMILES string of the molecule is COc1cccc(N)c1C(=O)OCc1cccc(F)c1. The van der Waals surface area contributed by atoms with Gasteiger partial charge in [0.25, 0.3) is 0 Å². The number of rotatable bonds is 4. The van der Waals surface area contributed by atoms with Crippen LogP contribution in [0.5, 0.6) is 5.75 Å². The van der Waals surface area contributed by atoms with Gasteiger partial charge in [-0.1, -0.05) is 18.2 Å². The monoisotopic (exact) mass is 275 g/mol. The summed E-state index contributed by atoms with van der Waals surface area (Å²) in [6.07, 6.45) is 0. The van der Waals surface area contributed by atoms with Gasteiger partial charge in [0, 0.05) is 5.69 Å². The van der Waals surface area contributed by atoms with Gasteiger partial charge in [-0.2, -0.15) is 0 Å². The van der Waals surface area contributed by atoms with Crippen molar-refractivity contribution in [2.24, 2.45) is 0 Å². The van der Waals surface area contributed by atoms with Gasteiger partial charge in [0.1, 0.15) is 23.7 Å². The van der Waals surface area contributed by atoms with Gasteiger partial charge in [-0.05, 0) is 29.8 Å². The molecule has 0 radical (unpaired) electrons. The molecule has 0 amide bonds. The minimum atomic E-state index is -0.607. The lowest BCUT2D eigenvalue weighted by Crippen LogP contribution is -2.10. The Morgan fingerprint density at radius 1 is 1.25 bits per heavy atom. The fourth-order valence-electron chi connectivity index (χ4n) is 1.78. The second-order valence-electron chi connectivity index (χ2n) is 4.13. The van der Waals surface area contributed by atoms with Crippen molar-refractivity contribution in [1.29, 1.82) is 0 Å². The van der Waals surface area contributed by atoms with E-state index in [9.17, 15) is 9.18 Å². The van der Waals surface area contributed by atoms with Crippen molar-refractivity contribution in [2.45, 2.75) is 6.61 Å². The molecule has 5 heteroatoms. The number of hydrogen-bond acceptors (Lipinski definition) is 4. The summed E-state index contributed by atoms with van der Waals surface area (Å²) >= 11 is 0. The van der Waals surface area contributed by atoms with E-state index in [2.05, 4.69) is 0 Å². The number of halogens is 1. The normalized spacial score (nSPS) is 10.1. The Kier molecular flexibility index (Phi) is 4.20. The highest BCUT2D eigenvalue weighted by molar-refractivity contribution is 5.98. The summed E-state index contributed by atoms with van der Waals surface area (Å²) in [6.45, 7) is -0.0336. The van der Waals surface area contributed by atoms with E-state index >= 15 is 0 Å². The number of anilines is 1. The smallest absolute Gasteiger partial charge is 0.344 e. The van der Waals surface area contributed by atoms with Crippen molar-refractivity contribution in [1.82, 2.24) is 0 Å². The van der Waals surface area contributed by atoms with E-state index in [0.717, 1.165) is 0 Å². The first-order valence-electron chi connectivity index (χ1n) is 5.96. The Balaban J connectivity index is 2.13. The molecule has 4 nitrogen and oxygen atoms in total. The van der Waals surface area contributed by atoms with Crippen LogP contribution in [0, 0.1) is 5.82 Å². The van der Waals surface area contributed by atoms with Crippen LogP contribution in [0.1, 0.15) is 15.9 Å². The molecule has 0 aliphatic rings. The van der Waals surface area contributed by atoms with Crippen molar-refractivity contribution in [2.75, 3.05) is 12.8 Å². The molecular weight excluding hydrogens is 261 g/mol. The van der Waals surface area contributed by atoms with Crippen molar-refractivity contribution < 1.29 is 18.7 Å². The summed E-state index contributed by atoms with van der Waals surface area (Å²) in [6, 6.07) is 10.7. The van der Waals surface area contributed by atoms with Gasteiger partial charge in [0.15, 0.2) is 0 Å². The maximum Gasteiger partial charge on any atom is 0.344 e. The first-order valence-corrected chi connectivity index (χ1v) is 5.96. The minimum absolute atomic E-state index is 0.0336. The zero-order valence-electron chi connectivity index (χ0n) is 10.9. The standard InChI is InChI=1S/C15H14FNO3/c1-19-13-7-3-6-12(17)14(13)15(18)20-9-10-4-2-5-11(16)8-10/h2-8H,9,17H2,1H3. The van der Waals surface area contributed by atoms with Crippen molar-refractivity contribution in [3.05, 3.63) is 59.4 Å². The van der Waals surface area contributed by atoms with Gasteiger partial charge in [-0.25, -0.2) is 9.18 Å². The second-order valence-corrected chi connectivity index (χ2v) is 4.13. The lowest BCUT2D eigenvalue weighted by molar-refractivity contribution is 0.0470. The highest BCUT2D eigenvalue weighted by atomic mass is 19.1. The van der Waals surface area contributed by atoms with Crippen LogP contribution in [0.2, 0.25) is 0 Å². The molecule has 2 N–H and O–H groups in total. The predicted octanol–water partition coefficient (Wildman–Crippen LogP) is 2.77. The van der Waals surface area contributed by atoms with E-state index in [4.69, 9.17) is 15.2 Å².